The molecule has 0 nitrogen and oxygen atoms in total. The summed E-state index contributed by atoms with van der Waals surface area (Å²) in [6, 6.07) is 6.00. The number of hydrogen-bond donors (Lipinski definition) is 1. The lowest BCUT2D eigenvalue weighted by atomic mass is 10.4. The predicted octanol–water partition coefficient (Wildman–Crippen LogP) is 3.08. The Hall–Kier alpha value is 0.150. The molecule has 1 radical (unpaired) electrons. The van der Waals surface area contributed by atoms with Crippen LogP contribution in [0.3, 0.4) is 0 Å². The molecule has 1 rings (SSSR count). The molecule has 1 aromatic carbocycles. The maximum atomic E-state index is 5.59. The summed E-state index contributed by atoms with van der Waals surface area (Å²) in [6.07, 6.45) is 0. The van der Waals surface area contributed by atoms with Gasteiger partial charge in [0.05, 0.1) is 5.02 Å². The van der Waals surface area contributed by atoms with Crippen molar-refractivity contribution < 1.29 is 0 Å². The highest BCUT2D eigenvalue weighted by atomic mass is 35.5. The second kappa shape index (κ2) is 2.82. The highest BCUT2D eigenvalue weighted by molar-refractivity contribution is 7.80. The summed E-state index contributed by atoms with van der Waals surface area (Å²) in [5.41, 5.74) is 0. The van der Waals surface area contributed by atoms with E-state index in [4.69, 9.17) is 23.2 Å². The van der Waals surface area contributed by atoms with E-state index in [0.29, 0.717) is 14.9 Å². The van der Waals surface area contributed by atoms with E-state index in [1.165, 1.54) is 0 Å². The zero-order valence-corrected chi connectivity index (χ0v) is 6.76. The normalized spacial score (nSPS) is 9.67. The monoisotopic (exact) mass is 177 g/mol. The molecule has 1 aromatic rings. The largest absolute Gasteiger partial charge is 0.142 e. The van der Waals surface area contributed by atoms with E-state index >= 15 is 0 Å². The van der Waals surface area contributed by atoms with Gasteiger partial charge in [-0.05, 0) is 12.1 Å². The molecule has 3 heteroatoms. The highest BCUT2D eigenvalue weighted by Crippen LogP contribution is 2.22. The van der Waals surface area contributed by atoms with Gasteiger partial charge < -0.3 is 0 Å². The average Bonchev–Trinajstić information content (AvgIpc) is 1.80. The smallest absolute Gasteiger partial charge is 0.0619 e. The SMILES string of the molecule is Sc1cc(Cl)c[c]c1Cl. The van der Waals surface area contributed by atoms with Gasteiger partial charge in [-0.25, -0.2) is 0 Å². The summed E-state index contributed by atoms with van der Waals surface area (Å²) in [4.78, 5) is 0.657. The Labute approximate surface area is 69.2 Å². The second-order valence-electron chi connectivity index (χ2n) is 1.52. The zero-order chi connectivity index (χ0) is 6.85. The van der Waals surface area contributed by atoms with E-state index in [9.17, 15) is 0 Å². The van der Waals surface area contributed by atoms with Crippen LogP contribution in [0.15, 0.2) is 17.0 Å². The molecule has 9 heavy (non-hydrogen) atoms. The van der Waals surface area contributed by atoms with Crippen molar-refractivity contribution in [1.29, 1.82) is 0 Å². The van der Waals surface area contributed by atoms with E-state index in [1.807, 2.05) is 0 Å². The van der Waals surface area contributed by atoms with E-state index in [0.717, 1.165) is 0 Å². The topological polar surface area (TPSA) is 0 Å². The molecule has 0 heterocycles. The third-order valence-corrected chi connectivity index (χ3v) is 1.85. The third-order valence-electron chi connectivity index (χ3n) is 0.836. The minimum absolute atomic E-state index is 0.503. The summed E-state index contributed by atoms with van der Waals surface area (Å²) in [6.45, 7) is 0. The lowest BCUT2D eigenvalue weighted by Crippen LogP contribution is -1.68. The Bertz CT molecular complexity index is 222. The molecule has 0 fully saturated rings. The number of benzene rings is 1. The van der Waals surface area contributed by atoms with Crippen molar-refractivity contribution in [2.45, 2.75) is 4.90 Å². The number of hydrogen-bond acceptors (Lipinski definition) is 1. The van der Waals surface area contributed by atoms with E-state index in [1.54, 1.807) is 12.1 Å². The molecule has 0 saturated heterocycles. The van der Waals surface area contributed by atoms with Crippen LogP contribution in [0.4, 0.5) is 0 Å². The number of thiol groups is 1. The summed E-state index contributed by atoms with van der Waals surface area (Å²) < 4.78 is 0. The fourth-order valence-corrected chi connectivity index (χ4v) is 0.994. The molecule has 0 spiro atoms. The summed E-state index contributed by atoms with van der Waals surface area (Å²) >= 11 is 15.2. The van der Waals surface area contributed by atoms with Crippen LogP contribution in [0.25, 0.3) is 0 Å². The van der Waals surface area contributed by atoms with Crippen LogP contribution >= 0.6 is 35.8 Å². The van der Waals surface area contributed by atoms with E-state index in [2.05, 4.69) is 18.7 Å². The first-order valence-electron chi connectivity index (χ1n) is 2.26. The first kappa shape index (κ1) is 7.26. The Balaban J connectivity index is 3.17. The quantitative estimate of drug-likeness (QED) is 0.580. The standard InChI is InChI=1S/C6H3Cl2S/c7-4-1-2-5(8)6(9)3-4/h1,3,9H. The Kier molecular flexibility index (Phi) is 2.28. The van der Waals surface area contributed by atoms with Crippen molar-refractivity contribution in [1.82, 2.24) is 0 Å². The van der Waals surface area contributed by atoms with Gasteiger partial charge >= 0.3 is 0 Å². The van der Waals surface area contributed by atoms with Crippen molar-refractivity contribution in [3.05, 3.63) is 28.2 Å². The lowest BCUT2D eigenvalue weighted by molar-refractivity contribution is 1.47. The van der Waals surface area contributed by atoms with Crippen LogP contribution in [0, 0.1) is 6.07 Å². The van der Waals surface area contributed by atoms with Crippen LogP contribution in [0.2, 0.25) is 10.0 Å². The molecule has 0 aliphatic carbocycles. The number of halogens is 2. The van der Waals surface area contributed by atoms with Crippen LogP contribution in [0.5, 0.6) is 0 Å². The molecule has 0 aliphatic heterocycles. The van der Waals surface area contributed by atoms with Gasteiger partial charge in [-0.2, -0.15) is 0 Å². The predicted molar refractivity (Wildman–Crippen MR) is 42.6 cm³/mol. The molecule has 0 aliphatic rings. The molecule has 0 amide bonds. The Morgan fingerprint density at radius 3 is 2.56 bits per heavy atom. The summed E-state index contributed by atoms with van der Waals surface area (Å²) in [5, 5.41) is 1.10. The maximum Gasteiger partial charge on any atom is 0.0619 e. The van der Waals surface area contributed by atoms with Crippen molar-refractivity contribution in [2.24, 2.45) is 0 Å². The maximum absolute atomic E-state index is 5.59. The molecule has 0 bridgehead atoms. The van der Waals surface area contributed by atoms with Gasteiger partial charge in [0.15, 0.2) is 0 Å². The van der Waals surface area contributed by atoms with Crippen molar-refractivity contribution in [3.8, 4) is 0 Å². The van der Waals surface area contributed by atoms with Crippen LogP contribution < -0.4 is 0 Å². The molecule has 0 unspecified atom stereocenters. The molecule has 0 aromatic heterocycles. The van der Waals surface area contributed by atoms with Gasteiger partial charge in [0, 0.05) is 16.0 Å². The summed E-state index contributed by atoms with van der Waals surface area (Å²) in [7, 11) is 0. The van der Waals surface area contributed by atoms with Gasteiger partial charge in [0.25, 0.3) is 0 Å². The zero-order valence-electron chi connectivity index (χ0n) is 4.36. The third kappa shape index (κ3) is 1.78. The Morgan fingerprint density at radius 1 is 1.44 bits per heavy atom. The van der Waals surface area contributed by atoms with Gasteiger partial charge in [0.2, 0.25) is 0 Å². The number of rotatable bonds is 0. The van der Waals surface area contributed by atoms with Crippen molar-refractivity contribution >= 4 is 35.8 Å². The van der Waals surface area contributed by atoms with Crippen molar-refractivity contribution in [2.75, 3.05) is 0 Å². The van der Waals surface area contributed by atoms with Crippen LogP contribution in [0.1, 0.15) is 0 Å². The first-order chi connectivity index (χ1) is 4.20. The second-order valence-corrected chi connectivity index (χ2v) is 2.81. The molecule has 0 N–H and O–H groups in total. The van der Waals surface area contributed by atoms with Crippen LogP contribution in [-0.2, 0) is 0 Å². The summed E-state index contributed by atoms with van der Waals surface area (Å²) in [5.74, 6) is 0. The fourth-order valence-electron chi connectivity index (χ4n) is 0.442. The van der Waals surface area contributed by atoms with Gasteiger partial charge in [-0.1, -0.05) is 23.2 Å². The molecular formula is C6H3Cl2S. The van der Waals surface area contributed by atoms with Crippen molar-refractivity contribution in [3.63, 3.8) is 0 Å². The molecule has 0 saturated carbocycles. The van der Waals surface area contributed by atoms with Crippen LogP contribution in [-0.4, -0.2) is 0 Å². The fraction of sp³-hybridized carbons (Fsp3) is 0. The molecule has 0 atom stereocenters. The van der Waals surface area contributed by atoms with E-state index in [-0.39, 0.29) is 0 Å². The van der Waals surface area contributed by atoms with E-state index < -0.39 is 0 Å². The minimum Gasteiger partial charge on any atom is -0.142 e. The highest BCUT2D eigenvalue weighted by Gasteiger charge is 1.94. The van der Waals surface area contributed by atoms with Gasteiger partial charge in [-0.15, -0.1) is 12.6 Å². The molecular weight excluding hydrogens is 175 g/mol. The lowest BCUT2D eigenvalue weighted by Gasteiger charge is -1.93. The average molecular weight is 178 g/mol. The minimum atomic E-state index is 0.503. The van der Waals surface area contributed by atoms with Gasteiger partial charge in [0.1, 0.15) is 0 Å². The Morgan fingerprint density at radius 2 is 2.11 bits per heavy atom. The van der Waals surface area contributed by atoms with Gasteiger partial charge in [-0.3, -0.25) is 0 Å². The first-order valence-corrected chi connectivity index (χ1v) is 3.46. The molecule has 47 valence electrons.